The van der Waals surface area contributed by atoms with Crippen molar-refractivity contribution in [2.45, 2.75) is 37.9 Å². The molecular formula is C26H23F3N6O2S. The third-order valence-corrected chi connectivity index (χ3v) is 8.61. The SMILES string of the molecule is O=S1(=O)CCCN1Cc1nc(Nc2ccc(C3CC3)cc2)c2ncc(-c3ncccc3C(F)(F)F)cc2n1. The number of fused-ring (bicyclic) bond motifs is 1. The van der Waals surface area contributed by atoms with Crippen LogP contribution in [0.15, 0.2) is 54.9 Å². The smallest absolute Gasteiger partial charge is 0.338 e. The molecule has 6 rings (SSSR count). The van der Waals surface area contributed by atoms with Crippen LogP contribution in [0.4, 0.5) is 24.7 Å². The Bertz CT molecular complexity index is 1620. The summed E-state index contributed by atoms with van der Waals surface area (Å²) in [7, 11) is -3.41. The minimum absolute atomic E-state index is 0.0464. The van der Waals surface area contributed by atoms with E-state index >= 15 is 0 Å². The van der Waals surface area contributed by atoms with Crippen LogP contribution >= 0.6 is 0 Å². The second-order valence-corrected chi connectivity index (χ2v) is 11.6. The number of aromatic nitrogens is 4. The largest absolute Gasteiger partial charge is 0.418 e. The Balaban J connectivity index is 1.43. The van der Waals surface area contributed by atoms with Crippen LogP contribution < -0.4 is 5.32 Å². The predicted octanol–water partition coefficient (Wildman–Crippen LogP) is 5.26. The van der Waals surface area contributed by atoms with E-state index in [1.165, 1.54) is 47.2 Å². The lowest BCUT2D eigenvalue weighted by atomic mass is 10.1. The highest BCUT2D eigenvalue weighted by atomic mass is 32.2. The van der Waals surface area contributed by atoms with Crippen molar-refractivity contribution in [3.8, 4) is 11.3 Å². The molecule has 4 aromatic rings. The molecule has 1 aromatic carbocycles. The van der Waals surface area contributed by atoms with E-state index in [1.807, 2.05) is 24.3 Å². The summed E-state index contributed by atoms with van der Waals surface area (Å²) in [6, 6.07) is 11.6. The molecule has 0 unspecified atom stereocenters. The molecule has 0 atom stereocenters. The van der Waals surface area contributed by atoms with Gasteiger partial charge < -0.3 is 5.32 Å². The maximum Gasteiger partial charge on any atom is 0.418 e. The molecule has 2 aliphatic rings. The van der Waals surface area contributed by atoms with Gasteiger partial charge in [0.25, 0.3) is 0 Å². The van der Waals surface area contributed by atoms with E-state index in [0.717, 1.165) is 11.8 Å². The van der Waals surface area contributed by atoms with Gasteiger partial charge in [0.05, 0.1) is 29.1 Å². The van der Waals surface area contributed by atoms with Crippen molar-refractivity contribution >= 4 is 32.6 Å². The number of anilines is 2. The zero-order valence-corrected chi connectivity index (χ0v) is 20.9. The maximum atomic E-state index is 13.6. The number of rotatable bonds is 6. The van der Waals surface area contributed by atoms with Crippen molar-refractivity contribution in [1.82, 2.24) is 24.2 Å². The van der Waals surface area contributed by atoms with E-state index in [1.54, 1.807) is 0 Å². The van der Waals surface area contributed by atoms with Crippen LogP contribution in [0, 0.1) is 0 Å². The lowest BCUT2D eigenvalue weighted by Crippen LogP contribution is -2.26. The van der Waals surface area contributed by atoms with E-state index in [2.05, 4.69) is 25.3 Å². The number of pyridine rings is 2. The van der Waals surface area contributed by atoms with Crippen molar-refractivity contribution in [3.63, 3.8) is 0 Å². The molecule has 1 aliphatic carbocycles. The monoisotopic (exact) mass is 540 g/mol. The minimum Gasteiger partial charge on any atom is -0.338 e. The lowest BCUT2D eigenvalue weighted by molar-refractivity contribution is -0.137. The zero-order valence-electron chi connectivity index (χ0n) is 20.1. The normalized spacial score (nSPS) is 17.7. The molecule has 1 saturated heterocycles. The first kappa shape index (κ1) is 24.7. The summed E-state index contributed by atoms with van der Waals surface area (Å²) in [5.74, 6) is 1.22. The molecular weight excluding hydrogens is 517 g/mol. The van der Waals surface area contributed by atoms with Gasteiger partial charge in [0.1, 0.15) is 11.3 Å². The number of halogens is 3. The third-order valence-electron chi connectivity index (χ3n) is 6.71. The van der Waals surface area contributed by atoms with E-state index in [4.69, 9.17) is 0 Å². The standard InChI is InChI=1S/C26H23F3N6O2S/c27-26(28,29)20-3-1-10-30-23(20)18-13-21-24(31-14-18)25(32-19-8-6-17(7-9-19)16-4-5-16)34-22(33-21)15-35-11-2-12-38(35,36)37/h1,3,6-10,13-14,16H,2,4-5,11-12,15H2,(H,32,33,34). The molecule has 2 fully saturated rings. The van der Waals surface area contributed by atoms with Crippen molar-refractivity contribution in [1.29, 1.82) is 0 Å². The molecule has 0 spiro atoms. The number of alkyl halides is 3. The van der Waals surface area contributed by atoms with Crippen LogP contribution in [-0.4, -0.2) is 45.0 Å². The second kappa shape index (κ2) is 9.28. The maximum absolute atomic E-state index is 13.6. The van der Waals surface area contributed by atoms with Gasteiger partial charge in [0.2, 0.25) is 10.0 Å². The van der Waals surface area contributed by atoms with Crippen LogP contribution in [0.2, 0.25) is 0 Å². The van der Waals surface area contributed by atoms with Gasteiger partial charge in [-0.3, -0.25) is 4.98 Å². The van der Waals surface area contributed by atoms with Gasteiger partial charge in [-0.15, -0.1) is 0 Å². The van der Waals surface area contributed by atoms with Crippen molar-refractivity contribution in [2.24, 2.45) is 0 Å². The van der Waals surface area contributed by atoms with Gasteiger partial charge in [-0.2, -0.15) is 17.5 Å². The first-order valence-corrected chi connectivity index (χ1v) is 13.8. The Morgan fingerprint density at radius 3 is 2.53 bits per heavy atom. The van der Waals surface area contributed by atoms with Crippen LogP contribution in [0.25, 0.3) is 22.3 Å². The van der Waals surface area contributed by atoms with Crippen molar-refractivity contribution < 1.29 is 21.6 Å². The average Bonchev–Trinajstić information content (AvgIpc) is 3.68. The Morgan fingerprint density at radius 1 is 1.05 bits per heavy atom. The molecule has 12 heteroatoms. The number of nitrogens with zero attached hydrogens (tertiary/aromatic N) is 5. The van der Waals surface area contributed by atoms with E-state index in [9.17, 15) is 21.6 Å². The topological polar surface area (TPSA) is 101 Å². The molecule has 1 aliphatic heterocycles. The molecule has 0 bridgehead atoms. The van der Waals surface area contributed by atoms with Crippen LogP contribution in [0.3, 0.4) is 0 Å². The Morgan fingerprint density at radius 2 is 1.84 bits per heavy atom. The van der Waals surface area contributed by atoms with Gasteiger partial charge in [-0.05, 0) is 61.1 Å². The fourth-order valence-corrected chi connectivity index (χ4v) is 6.11. The quantitative estimate of drug-likeness (QED) is 0.356. The summed E-state index contributed by atoms with van der Waals surface area (Å²) < 4.78 is 67.0. The van der Waals surface area contributed by atoms with Crippen LogP contribution in [-0.2, 0) is 22.7 Å². The van der Waals surface area contributed by atoms with E-state index in [0.29, 0.717) is 30.2 Å². The van der Waals surface area contributed by atoms with E-state index in [-0.39, 0.29) is 34.9 Å². The molecule has 3 aromatic heterocycles. The first-order valence-electron chi connectivity index (χ1n) is 12.2. The Labute approximate surface area is 217 Å². The molecule has 1 saturated carbocycles. The Hall–Kier alpha value is -3.64. The van der Waals surface area contributed by atoms with Gasteiger partial charge in [0, 0.05) is 30.2 Å². The van der Waals surface area contributed by atoms with Crippen LogP contribution in [0.5, 0.6) is 0 Å². The predicted molar refractivity (Wildman–Crippen MR) is 136 cm³/mol. The highest BCUT2D eigenvalue weighted by Gasteiger charge is 2.34. The van der Waals surface area contributed by atoms with Gasteiger partial charge >= 0.3 is 6.18 Å². The molecule has 0 amide bonds. The highest BCUT2D eigenvalue weighted by Crippen LogP contribution is 2.40. The average molecular weight is 541 g/mol. The summed E-state index contributed by atoms with van der Waals surface area (Å²) in [6.45, 7) is 0.311. The van der Waals surface area contributed by atoms with Crippen molar-refractivity contribution in [3.05, 3.63) is 71.8 Å². The summed E-state index contributed by atoms with van der Waals surface area (Å²) in [4.78, 5) is 17.4. The number of benzene rings is 1. The van der Waals surface area contributed by atoms with Crippen molar-refractivity contribution in [2.75, 3.05) is 17.6 Å². The lowest BCUT2D eigenvalue weighted by Gasteiger charge is -2.16. The number of nitrogens with one attached hydrogen (secondary N) is 1. The number of sulfonamides is 1. The summed E-state index contributed by atoms with van der Waals surface area (Å²) in [5.41, 5.74) is 1.64. The van der Waals surface area contributed by atoms with Crippen LogP contribution in [0.1, 0.15) is 42.1 Å². The van der Waals surface area contributed by atoms with Gasteiger partial charge in [-0.25, -0.2) is 23.4 Å². The fraction of sp³-hybridized carbons (Fsp3) is 0.308. The molecule has 4 heterocycles. The zero-order chi connectivity index (χ0) is 26.5. The molecule has 38 heavy (non-hydrogen) atoms. The molecule has 1 N–H and O–H groups in total. The Kier molecular flexibility index (Phi) is 6.03. The third kappa shape index (κ3) is 4.93. The molecule has 0 radical (unpaired) electrons. The summed E-state index contributed by atoms with van der Waals surface area (Å²) in [5, 5.41) is 3.24. The fourth-order valence-electron chi connectivity index (χ4n) is 4.64. The summed E-state index contributed by atoms with van der Waals surface area (Å²) >= 11 is 0. The minimum atomic E-state index is -4.60. The second-order valence-electron chi connectivity index (χ2n) is 9.50. The number of hydrogen-bond donors (Lipinski definition) is 1. The first-order chi connectivity index (χ1) is 18.2. The van der Waals surface area contributed by atoms with Gasteiger partial charge in [-0.1, -0.05) is 12.1 Å². The van der Waals surface area contributed by atoms with Gasteiger partial charge in [0.15, 0.2) is 5.82 Å². The highest BCUT2D eigenvalue weighted by molar-refractivity contribution is 7.89. The molecule has 8 nitrogen and oxygen atoms in total. The number of hydrogen-bond acceptors (Lipinski definition) is 7. The molecule has 196 valence electrons. The summed E-state index contributed by atoms with van der Waals surface area (Å²) in [6.07, 6.45) is 0.889. The van der Waals surface area contributed by atoms with E-state index < -0.39 is 21.8 Å².